The normalized spacial score (nSPS) is 21.3. The van der Waals surface area contributed by atoms with Crippen LogP contribution in [-0.4, -0.2) is 34.2 Å². The average Bonchev–Trinajstić information content (AvgIpc) is 2.47. The van der Waals surface area contributed by atoms with Gasteiger partial charge in [-0.15, -0.1) is 0 Å². The summed E-state index contributed by atoms with van der Waals surface area (Å²) in [5, 5.41) is 11.5. The highest BCUT2D eigenvalue weighted by Crippen LogP contribution is 2.36. The van der Waals surface area contributed by atoms with E-state index in [2.05, 4.69) is 9.98 Å². The molecule has 1 aromatic rings. The molecule has 2 unspecified atom stereocenters. The zero-order valence-corrected chi connectivity index (χ0v) is 12.6. The van der Waals surface area contributed by atoms with Gasteiger partial charge in [-0.1, -0.05) is 6.07 Å². The Bertz CT molecular complexity index is 652. The van der Waals surface area contributed by atoms with Gasteiger partial charge in [0.25, 0.3) is 6.04 Å². The highest BCUT2D eigenvalue weighted by atomic mass is 16.6. The molecule has 2 rings (SSSR count). The summed E-state index contributed by atoms with van der Waals surface area (Å²) in [5.41, 5.74) is 1.63. The van der Waals surface area contributed by atoms with E-state index in [4.69, 9.17) is 4.74 Å². The number of carbonyl (C=O) groups is 1. The van der Waals surface area contributed by atoms with Gasteiger partial charge in [-0.3, -0.25) is 20.1 Å². The quantitative estimate of drug-likeness (QED) is 0.482. The van der Waals surface area contributed by atoms with E-state index in [0.717, 1.165) is 0 Å². The Kier molecular flexibility index (Phi) is 4.65. The van der Waals surface area contributed by atoms with E-state index in [1.54, 1.807) is 39.1 Å². The Hall–Kier alpha value is -2.57. The molecule has 7 heteroatoms. The first-order valence-corrected chi connectivity index (χ1v) is 6.93. The highest BCUT2D eigenvalue weighted by Gasteiger charge is 2.44. The molecule has 0 saturated heterocycles. The van der Waals surface area contributed by atoms with Crippen molar-refractivity contribution in [3.63, 3.8) is 0 Å². The van der Waals surface area contributed by atoms with Crippen molar-refractivity contribution in [2.45, 2.75) is 32.7 Å². The molecule has 0 saturated carbocycles. The fraction of sp³-hybridized carbons (Fsp3) is 0.400. The topological polar surface area (TPSA) is 94.7 Å². The number of pyridine rings is 1. The first-order chi connectivity index (χ1) is 10.5. The van der Waals surface area contributed by atoms with Crippen molar-refractivity contribution < 1.29 is 14.5 Å². The van der Waals surface area contributed by atoms with Crippen molar-refractivity contribution in [1.82, 2.24) is 4.98 Å². The van der Waals surface area contributed by atoms with Crippen molar-refractivity contribution in [2.24, 2.45) is 4.99 Å². The Morgan fingerprint density at radius 1 is 1.45 bits per heavy atom. The average molecular weight is 303 g/mol. The van der Waals surface area contributed by atoms with Gasteiger partial charge in [-0.05, 0) is 32.4 Å². The molecule has 1 aromatic heterocycles. The SMILES string of the molecule is CCOC(=O)C1=C(C)N=C(C)C([N+](=O)[O-])C1c1cccnc1. The molecule has 0 aromatic carbocycles. The molecular formula is C15H17N3O4. The second-order valence-electron chi connectivity index (χ2n) is 4.97. The molecule has 1 aliphatic heterocycles. The van der Waals surface area contributed by atoms with Crippen LogP contribution in [-0.2, 0) is 9.53 Å². The fourth-order valence-electron chi connectivity index (χ4n) is 2.68. The van der Waals surface area contributed by atoms with E-state index in [1.165, 1.54) is 6.20 Å². The summed E-state index contributed by atoms with van der Waals surface area (Å²) in [6.07, 6.45) is 3.11. The number of esters is 1. The second kappa shape index (κ2) is 6.46. The largest absolute Gasteiger partial charge is 0.463 e. The third-order valence-corrected chi connectivity index (χ3v) is 3.55. The third kappa shape index (κ3) is 2.88. The number of aromatic nitrogens is 1. The van der Waals surface area contributed by atoms with Crippen LogP contribution in [0.5, 0.6) is 0 Å². The van der Waals surface area contributed by atoms with Crippen molar-refractivity contribution >= 4 is 11.7 Å². The van der Waals surface area contributed by atoms with Gasteiger partial charge in [0, 0.05) is 23.0 Å². The predicted octanol–water partition coefficient (Wildman–Crippen LogP) is 2.12. The van der Waals surface area contributed by atoms with Gasteiger partial charge in [-0.25, -0.2) is 4.79 Å². The lowest BCUT2D eigenvalue weighted by atomic mass is 9.81. The molecule has 0 radical (unpaired) electrons. The summed E-state index contributed by atoms with van der Waals surface area (Å²) >= 11 is 0. The molecule has 0 N–H and O–H groups in total. The molecule has 0 bridgehead atoms. The maximum atomic E-state index is 12.3. The highest BCUT2D eigenvalue weighted by molar-refractivity contribution is 5.98. The van der Waals surface area contributed by atoms with Gasteiger partial charge in [-0.2, -0.15) is 0 Å². The van der Waals surface area contributed by atoms with Crippen molar-refractivity contribution in [3.8, 4) is 0 Å². The number of hydrogen-bond acceptors (Lipinski definition) is 6. The molecule has 116 valence electrons. The number of nitrogens with zero attached hydrogens (tertiary/aromatic N) is 3. The van der Waals surface area contributed by atoms with Crippen LogP contribution in [0, 0.1) is 10.1 Å². The second-order valence-corrected chi connectivity index (χ2v) is 4.97. The van der Waals surface area contributed by atoms with Gasteiger partial charge >= 0.3 is 5.97 Å². The molecule has 7 nitrogen and oxygen atoms in total. The van der Waals surface area contributed by atoms with Crippen LogP contribution >= 0.6 is 0 Å². The molecule has 0 spiro atoms. The van der Waals surface area contributed by atoms with Crippen LogP contribution in [0.1, 0.15) is 32.3 Å². The van der Waals surface area contributed by atoms with E-state index in [1.807, 2.05) is 0 Å². The van der Waals surface area contributed by atoms with Gasteiger partial charge in [0.05, 0.1) is 23.8 Å². The monoisotopic (exact) mass is 303 g/mol. The summed E-state index contributed by atoms with van der Waals surface area (Å²) in [5.74, 6) is -1.32. The van der Waals surface area contributed by atoms with Crippen molar-refractivity contribution in [1.29, 1.82) is 0 Å². The standard InChI is InChI=1S/C15H17N3O4/c1-4-22-15(19)12-9(2)17-10(3)14(18(20)21)13(12)11-6-5-7-16-8-11/h5-8,13-14H,4H2,1-3H3. The number of carbonyl (C=O) groups excluding carboxylic acids is 1. The zero-order valence-electron chi connectivity index (χ0n) is 12.6. The summed E-state index contributed by atoms with van der Waals surface area (Å²) < 4.78 is 5.06. The molecular weight excluding hydrogens is 286 g/mol. The van der Waals surface area contributed by atoms with Crippen LogP contribution in [0.4, 0.5) is 0 Å². The van der Waals surface area contributed by atoms with Gasteiger partial charge in [0.15, 0.2) is 0 Å². The Morgan fingerprint density at radius 3 is 2.73 bits per heavy atom. The predicted molar refractivity (Wildman–Crippen MR) is 80.2 cm³/mol. The first-order valence-electron chi connectivity index (χ1n) is 6.93. The molecule has 22 heavy (non-hydrogen) atoms. The lowest BCUT2D eigenvalue weighted by Crippen LogP contribution is -2.40. The summed E-state index contributed by atoms with van der Waals surface area (Å²) in [7, 11) is 0. The lowest BCUT2D eigenvalue weighted by molar-refractivity contribution is -0.505. The Labute approximate surface area is 127 Å². The number of ether oxygens (including phenoxy) is 1. The van der Waals surface area contributed by atoms with E-state index < -0.39 is 22.9 Å². The third-order valence-electron chi connectivity index (χ3n) is 3.55. The summed E-state index contributed by atoms with van der Waals surface area (Å²) in [6.45, 7) is 5.15. The maximum Gasteiger partial charge on any atom is 0.336 e. The van der Waals surface area contributed by atoms with Crippen LogP contribution in [0.15, 0.2) is 40.8 Å². The van der Waals surface area contributed by atoms with Gasteiger partial charge < -0.3 is 4.74 Å². The fourth-order valence-corrected chi connectivity index (χ4v) is 2.68. The van der Waals surface area contributed by atoms with Crippen molar-refractivity contribution in [3.05, 3.63) is 51.5 Å². The van der Waals surface area contributed by atoms with E-state index in [-0.39, 0.29) is 12.2 Å². The smallest absolute Gasteiger partial charge is 0.336 e. The minimum atomic E-state index is -1.10. The molecule has 2 heterocycles. The minimum absolute atomic E-state index is 0.196. The van der Waals surface area contributed by atoms with Gasteiger partial charge in [0.1, 0.15) is 0 Å². The Balaban J connectivity index is 2.61. The number of hydrogen-bond donors (Lipinski definition) is 0. The van der Waals surface area contributed by atoms with E-state index in [0.29, 0.717) is 17.0 Å². The van der Waals surface area contributed by atoms with Crippen molar-refractivity contribution in [2.75, 3.05) is 6.61 Å². The summed E-state index contributed by atoms with van der Waals surface area (Å²) in [4.78, 5) is 31.6. The molecule has 0 amide bonds. The van der Waals surface area contributed by atoms with Crippen LogP contribution < -0.4 is 0 Å². The van der Waals surface area contributed by atoms with Gasteiger partial charge in [0.2, 0.25) is 0 Å². The number of rotatable bonds is 4. The lowest BCUT2D eigenvalue weighted by Gasteiger charge is -2.27. The van der Waals surface area contributed by atoms with E-state index >= 15 is 0 Å². The summed E-state index contributed by atoms with van der Waals surface area (Å²) in [6, 6.07) is 2.30. The maximum absolute atomic E-state index is 12.3. The van der Waals surface area contributed by atoms with E-state index in [9.17, 15) is 14.9 Å². The molecule has 1 aliphatic rings. The molecule has 0 fully saturated rings. The first kappa shape index (κ1) is 15.8. The minimum Gasteiger partial charge on any atom is -0.463 e. The number of aliphatic imine (C=N–C) groups is 1. The van der Waals surface area contributed by atoms with Crippen LogP contribution in [0.25, 0.3) is 0 Å². The van der Waals surface area contributed by atoms with Crippen LogP contribution in [0.2, 0.25) is 0 Å². The molecule has 0 aliphatic carbocycles. The number of nitro groups is 1. The zero-order chi connectivity index (χ0) is 16.3. The number of allylic oxidation sites excluding steroid dienone is 1. The molecule has 2 atom stereocenters. The Morgan fingerprint density at radius 2 is 2.18 bits per heavy atom. The van der Waals surface area contributed by atoms with Crippen LogP contribution in [0.3, 0.4) is 0 Å².